The van der Waals surface area contributed by atoms with E-state index >= 15 is 0 Å². The molecule has 0 unspecified atom stereocenters. The standard InChI is InChI=1S/C14H21N3O2/c1-11-5-7-17(8-6-11)13(18)4-3-12-9-15-14(19-2)16-10-12/h9-11H,3-8H2,1-2H3. The summed E-state index contributed by atoms with van der Waals surface area (Å²) in [6.45, 7) is 4.05. The monoisotopic (exact) mass is 263 g/mol. The number of nitrogens with zero attached hydrogens (tertiary/aromatic N) is 3. The molecule has 0 atom stereocenters. The first kappa shape index (κ1) is 13.8. The van der Waals surface area contributed by atoms with Gasteiger partial charge in [0.15, 0.2) is 0 Å². The van der Waals surface area contributed by atoms with Gasteiger partial charge in [-0.2, -0.15) is 0 Å². The Hall–Kier alpha value is -1.65. The first-order valence-electron chi connectivity index (χ1n) is 6.81. The molecular formula is C14H21N3O2. The molecule has 1 saturated heterocycles. The van der Waals surface area contributed by atoms with E-state index in [9.17, 15) is 4.79 Å². The second kappa shape index (κ2) is 6.50. The molecule has 1 fully saturated rings. The first-order valence-corrected chi connectivity index (χ1v) is 6.81. The molecular weight excluding hydrogens is 242 g/mol. The van der Waals surface area contributed by atoms with Gasteiger partial charge in [-0.1, -0.05) is 6.92 Å². The normalized spacial score (nSPS) is 16.4. The topological polar surface area (TPSA) is 55.3 Å². The number of hydrogen-bond donors (Lipinski definition) is 0. The average Bonchev–Trinajstić information content (AvgIpc) is 2.46. The van der Waals surface area contributed by atoms with E-state index in [-0.39, 0.29) is 5.91 Å². The van der Waals surface area contributed by atoms with Crippen LogP contribution >= 0.6 is 0 Å². The Morgan fingerprint density at radius 2 is 2.00 bits per heavy atom. The molecule has 0 bridgehead atoms. The number of carbonyl (C=O) groups is 1. The zero-order chi connectivity index (χ0) is 13.7. The minimum absolute atomic E-state index is 0.239. The summed E-state index contributed by atoms with van der Waals surface area (Å²) in [4.78, 5) is 22.1. The minimum Gasteiger partial charge on any atom is -0.467 e. The molecule has 0 radical (unpaired) electrons. The summed E-state index contributed by atoms with van der Waals surface area (Å²) in [5.41, 5.74) is 0.972. The second-order valence-corrected chi connectivity index (χ2v) is 5.14. The van der Waals surface area contributed by atoms with Gasteiger partial charge < -0.3 is 9.64 Å². The van der Waals surface area contributed by atoms with E-state index in [1.165, 1.54) is 7.11 Å². The lowest BCUT2D eigenvalue weighted by atomic mass is 9.99. The number of likely N-dealkylation sites (tertiary alicyclic amines) is 1. The van der Waals surface area contributed by atoms with Gasteiger partial charge >= 0.3 is 6.01 Å². The Kier molecular flexibility index (Phi) is 4.71. The lowest BCUT2D eigenvalue weighted by molar-refractivity contribution is -0.132. The first-order chi connectivity index (χ1) is 9.19. The number of carbonyl (C=O) groups excluding carboxylic acids is 1. The van der Waals surface area contributed by atoms with Crippen LogP contribution in [0.2, 0.25) is 0 Å². The van der Waals surface area contributed by atoms with Crippen LogP contribution in [0.25, 0.3) is 0 Å². The maximum Gasteiger partial charge on any atom is 0.316 e. The van der Waals surface area contributed by atoms with Crippen molar-refractivity contribution in [2.75, 3.05) is 20.2 Å². The Balaban J connectivity index is 1.79. The average molecular weight is 263 g/mol. The molecule has 1 amide bonds. The smallest absolute Gasteiger partial charge is 0.316 e. The molecule has 1 aliphatic heterocycles. The number of piperidine rings is 1. The van der Waals surface area contributed by atoms with Gasteiger partial charge in [0, 0.05) is 31.9 Å². The maximum absolute atomic E-state index is 12.1. The molecule has 1 aromatic heterocycles. The van der Waals surface area contributed by atoms with Crippen molar-refractivity contribution in [1.82, 2.24) is 14.9 Å². The Labute approximate surface area is 114 Å². The van der Waals surface area contributed by atoms with Crippen molar-refractivity contribution in [3.8, 4) is 6.01 Å². The zero-order valence-corrected chi connectivity index (χ0v) is 11.6. The minimum atomic E-state index is 0.239. The maximum atomic E-state index is 12.1. The number of amides is 1. The van der Waals surface area contributed by atoms with E-state index < -0.39 is 0 Å². The molecule has 0 aliphatic carbocycles. The van der Waals surface area contributed by atoms with E-state index in [2.05, 4.69) is 16.9 Å². The van der Waals surface area contributed by atoms with Gasteiger partial charge in [0.05, 0.1) is 7.11 Å². The van der Waals surface area contributed by atoms with Crippen molar-refractivity contribution in [2.45, 2.75) is 32.6 Å². The Bertz CT molecular complexity index is 411. The van der Waals surface area contributed by atoms with Crippen LogP contribution in [-0.4, -0.2) is 41.0 Å². The molecule has 0 spiro atoms. The van der Waals surface area contributed by atoms with Crippen LogP contribution in [0, 0.1) is 5.92 Å². The van der Waals surface area contributed by atoms with Crippen LogP contribution in [0.5, 0.6) is 6.01 Å². The van der Waals surface area contributed by atoms with Gasteiger partial charge in [-0.15, -0.1) is 0 Å². The van der Waals surface area contributed by atoms with E-state index in [0.717, 1.165) is 37.4 Å². The molecule has 19 heavy (non-hydrogen) atoms. The Morgan fingerprint density at radius 3 is 2.58 bits per heavy atom. The van der Waals surface area contributed by atoms with E-state index in [0.29, 0.717) is 18.9 Å². The molecule has 1 aliphatic rings. The van der Waals surface area contributed by atoms with E-state index in [1.54, 1.807) is 12.4 Å². The van der Waals surface area contributed by atoms with Crippen LogP contribution in [-0.2, 0) is 11.2 Å². The van der Waals surface area contributed by atoms with Crippen LogP contribution in [0.15, 0.2) is 12.4 Å². The lowest BCUT2D eigenvalue weighted by Gasteiger charge is -2.30. The summed E-state index contributed by atoms with van der Waals surface area (Å²) in [5, 5.41) is 0. The highest BCUT2D eigenvalue weighted by Crippen LogP contribution is 2.17. The van der Waals surface area contributed by atoms with Crippen molar-refractivity contribution in [1.29, 1.82) is 0 Å². The predicted octanol–water partition coefficient (Wildman–Crippen LogP) is 1.68. The second-order valence-electron chi connectivity index (χ2n) is 5.14. The van der Waals surface area contributed by atoms with Gasteiger partial charge in [-0.25, -0.2) is 9.97 Å². The number of aromatic nitrogens is 2. The van der Waals surface area contributed by atoms with Crippen molar-refractivity contribution >= 4 is 5.91 Å². The molecule has 0 aromatic carbocycles. The van der Waals surface area contributed by atoms with E-state index in [4.69, 9.17) is 4.74 Å². The van der Waals surface area contributed by atoms with Crippen molar-refractivity contribution < 1.29 is 9.53 Å². The third kappa shape index (κ3) is 3.91. The number of methoxy groups -OCH3 is 1. The highest BCUT2D eigenvalue weighted by molar-refractivity contribution is 5.76. The summed E-state index contributed by atoms with van der Waals surface area (Å²) >= 11 is 0. The van der Waals surface area contributed by atoms with Crippen molar-refractivity contribution in [3.63, 3.8) is 0 Å². The van der Waals surface area contributed by atoms with E-state index in [1.807, 2.05) is 4.90 Å². The van der Waals surface area contributed by atoms with Crippen LogP contribution in [0.1, 0.15) is 31.7 Å². The highest BCUT2D eigenvalue weighted by atomic mass is 16.5. The fraction of sp³-hybridized carbons (Fsp3) is 0.643. The summed E-state index contributed by atoms with van der Waals surface area (Å²) in [7, 11) is 1.54. The molecule has 5 heteroatoms. The van der Waals surface area contributed by atoms with Crippen LogP contribution < -0.4 is 4.74 Å². The number of rotatable bonds is 4. The van der Waals surface area contributed by atoms with Crippen molar-refractivity contribution in [2.24, 2.45) is 5.92 Å². The predicted molar refractivity (Wildman–Crippen MR) is 71.9 cm³/mol. The highest BCUT2D eigenvalue weighted by Gasteiger charge is 2.19. The SMILES string of the molecule is COc1ncc(CCC(=O)N2CCC(C)CC2)cn1. The third-order valence-electron chi connectivity index (χ3n) is 3.63. The number of hydrogen-bond acceptors (Lipinski definition) is 4. The summed E-state index contributed by atoms with van der Waals surface area (Å²) in [6, 6.07) is 0.361. The van der Waals surface area contributed by atoms with Crippen molar-refractivity contribution in [3.05, 3.63) is 18.0 Å². The molecule has 0 N–H and O–H groups in total. The third-order valence-corrected chi connectivity index (χ3v) is 3.63. The molecule has 2 rings (SSSR count). The summed E-state index contributed by atoms with van der Waals surface area (Å²) < 4.78 is 4.90. The summed E-state index contributed by atoms with van der Waals surface area (Å²) in [6.07, 6.45) is 6.91. The fourth-order valence-electron chi connectivity index (χ4n) is 2.24. The molecule has 1 aromatic rings. The molecule has 104 valence electrons. The molecule has 5 nitrogen and oxygen atoms in total. The molecule has 2 heterocycles. The lowest BCUT2D eigenvalue weighted by Crippen LogP contribution is -2.38. The van der Waals surface area contributed by atoms with Gasteiger partial charge in [0.1, 0.15) is 0 Å². The fourth-order valence-corrected chi connectivity index (χ4v) is 2.24. The summed E-state index contributed by atoms with van der Waals surface area (Å²) in [5.74, 6) is 0.988. The van der Waals surface area contributed by atoms with Crippen LogP contribution in [0.3, 0.4) is 0 Å². The zero-order valence-electron chi connectivity index (χ0n) is 11.6. The Morgan fingerprint density at radius 1 is 1.37 bits per heavy atom. The largest absolute Gasteiger partial charge is 0.467 e. The van der Waals surface area contributed by atoms with Gasteiger partial charge in [0.25, 0.3) is 0 Å². The number of ether oxygens (including phenoxy) is 1. The molecule has 0 saturated carbocycles. The number of aryl methyl sites for hydroxylation is 1. The van der Waals surface area contributed by atoms with Gasteiger partial charge in [-0.05, 0) is 30.7 Å². The quantitative estimate of drug-likeness (QED) is 0.829. The van der Waals surface area contributed by atoms with Gasteiger partial charge in [0.2, 0.25) is 5.91 Å². The van der Waals surface area contributed by atoms with Crippen LogP contribution in [0.4, 0.5) is 0 Å². The van der Waals surface area contributed by atoms with Gasteiger partial charge in [-0.3, -0.25) is 4.79 Å².